The molecule has 2 aliphatic rings. The number of fused-ring (bicyclic) bond motifs is 6. The van der Waals surface area contributed by atoms with Crippen molar-refractivity contribution in [3.8, 4) is 33.6 Å². The van der Waals surface area contributed by atoms with Crippen LogP contribution < -0.4 is 5.32 Å². The van der Waals surface area contributed by atoms with Gasteiger partial charge in [-0.1, -0.05) is 133 Å². The number of nitrogens with zero attached hydrogens (tertiary/aromatic N) is 2. The number of para-hydroxylation sites is 2. The van der Waals surface area contributed by atoms with E-state index in [1.807, 2.05) is 0 Å². The molecule has 266 valence electrons. The molecule has 3 heteroatoms. The molecule has 1 aliphatic heterocycles. The van der Waals surface area contributed by atoms with Crippen LogP contribution in [0.1, 0.15) is 34.8 Å². The average Bonchev–Trinajstić information content (AvgIpc) is 3.79. The monoisotopic (exact) mass is 717 g/mol. The molecule has 1 unspecified atom stereocenters. The van der Waals surface area contributed by atoms with Gasteiger partial charge in [-0.25, -0.2) is 0 Å². The van der Waals surface area contributed by atoms with Gasteiger partial charge in [0.05, 0.1) is 22.6 Å². The third kappa shape index (κ3) is 5.43. The van der Waals surface area contributed by atoms with E-state index in [4.69, 9.17) is 0 Å². The van der Waals surface area contributed by atoms with Crippen LogP contribution >= 0.6 is 0 Å². The highest BCUT2D eigenvalue weighted by molar-refractivity contribution is 6.10. The maximum atomic E-state index is 3.84. The van der Waals surface area contributed by atoms with E-state index in [1.165, 1.54) is 77.5 Å². The molecular formula is C53H39N3. The van der Waals surface area contributed by atoms with E-state index >= 15 is 0 Å². The van der Waals surface area contributed by atoms with Crippen molar-refractivity contribution in [3.05, 3.63) is 217 Å². The first kappa shape index (κ1) is 32.3. The van der Waals surface area contributed by atoms with Crippen molar-refractivity contribution in [3.63, 3.8) is 0 Å². The third-order valence-electron chi connectivity index (χ3n) is 11.6. The lowest BCUT2D eigenvalue weighted by Crippen LogP contribution is -2.20. The fraction of sp³-hybridized carbons (Fsp3) is 0.0566. The van der Waals surface area contributed by atoms with Crippen molar-refractivity contribution >= 4 is 44.5 Å². The molecule has 3 heterocycles. The zero-order valence-corrected chi connectivity index (χ0v) is 30.9. The Labute approximate surface area is 326 Å². The third-order valence-corrected chi connectivity index (χ3v) is 11.6. The van der Waals surface area contributed by atoms with E-state index in [2.05, 4.69) is 215 Å². The molecule has 0 fully saturated rings. The highest BCUT2D eigenvalue weighted by atomic mass is 15.0. The Balaban J connectivity index is 0.968. The molecule has 0 amide bonds. The SMILES string of the molecule is C1=CC(c2cccc(-c3ccccc3)c2)NC(c2cccc(-n3c4ccccc4c4cc(-c5ccc6c7c(n(-c8ccccc8)c6c5)C=CCC7)ccc43)c2)=C1. The smallest absolute Gasteiger partial charge is 0.0701 e. The maximum absolute atomic E-state index is 3.84. The van der Waals surface area contributed by atoms with Crippen LogP contribution in [0.4, 0.5) is 0 Å². The van der Waals surface area contributed by atoms with E-state index in [1.54, 1.807) is 0 Å². The second-order valence-electron chi connectivity index (χ2n) is 14.9. The molecule has 0 saturated carbocycles. The van der Waals surface area contributed by atoms with Gasteiger partial charge in [0.1, 0.15) is 0 Å². The summed E-state index contributed by atoms with van der Waals surface area (Å²) in [6, 6.07) is 62.1. The summed E-state index contributed by atoms with van der Waals surface area (Å²) in [6.07, 6.45) is 13.4. The first-order valence-electron chi connectivity index (χ1n) is 19.6. The van der Waals surface area contributed by atoms with Gasteiger partial charge >= 0.3 is 0 Å². The van der Waals surface area contributed by atoms with E-state index in [0.717, 1.165) is 29.8 Å². The lowest BCUT2D eigenvalue weighted by atomic mass is 9.97. The van der Waals surface area contributed by atoms with Crippen LogP contribution in [0.3, 0.4) is 0 Å². The fourth-order valence-corrected chi connectivity index (χ4v) is 8.96. The number of hydrogen-bond acceptors (Lipinski definition) is 1. The van der Waals surface area contributed by atoms with Gasteiger partial charge in [0.25, 0.3) is 0 Å². The van der Waals surface area contributed by atoms with Gasteiger partial charge < -0.3 is 14.5 Å². The van der Waals surface area contributed by atoms with Crippen molar-refractivity contribution in [2.24, 2.45) is 0 Å². The summed E-state index contributed by atoms with van der Waals surface area (Å²) in [4.78, 5) is 0. The van der Waals surface area contributed by atoms with Gasteiger partial charge in [-0.05, 0) is 119 Å². The van der Waals surface area contributed by atoms with Crippen molar-refractivity contribution in [2.75, 3.05) is 0 Å². The van der Waals surface area contributed by atoms with Crippen molar-refractivity contribution in [1.82, 2.24) is 14.5 Å². The molecule has 2 aromatic heterocycles. The number of hydrogen-bond donors (Lipinski definition) is 1. The Bertz CT molecular complexity index is 3050. The van der Waals surface area contributed by atoms with Crippen LogP contribution in [0.5, 0.6) is 0 Å². The van der Waals surface area contributed by atoms with Gasteiger partial charge in [0.2, 0.25) is 0 Å². The first-order chi connectivity index (χ1) is 27.8. The number of rotatable bonds is 6. The predicted octanol–water partition coefficient (Wildman–Crippen LogP) is 13.3. The van der Waals surface area contributed by atoms with Crippen LogP contribution in [-0.2, 0) is 6.42 Å². The van der Waals surface area contributed by atoms with Crippen LogP contribution in [0, 0.1) is 0 Å². The van der Waals surface area contributed by atoms with Crippen LogP contribution in [0.25, 0.3) is 78.1 Å². The van der Waals surface area contributed by atoms with E-state index in [9.17, 15) is 0 Å². The molecule has 0 saturated heterocycles. The summed E-state index contributed by atoms with van der Waals surface area (Å²) in [5.74, 6) is 0. The minimum absolute atomic E-state index is 0.0747. The molecule has 11 rings (SSSR count). The van der Waals surface area contributed by atoms with Gasteiger partial charge in [0, 0.05) is 38.9 Å². The van der Waals surface area contributed by atoms with Crippen molar-refractivity contribution in [2.45, 2.75) is 18.9 Å². The molecule has 9 aromatic rings. The summed E-state index contributed by atoms with van der Waals surface area (Å²) in [5.41, 5.74) is 17.2. The molecule has 7 aromatic carbocycles. The first-order valence-corrected chi connectivity index (χ1v) is 19.6. The molecule has 0 bridgehead atoms. The van der Waals surface area contributed by atoms with Crippen LogP contribution in [-0.4, -0.2) is 9.13 Å². The second kappa shape index (κ2) is 13.3. The second-order valence-corrected chi connectivity index (χ2v) is 14.9. The number of aryl methyl sites for hydroxylation is 1. The number of allylic oxidation sites excluding steroid dienone is 3. The van der Waals surface area contributed by atoms with Gasteiger partial charge in [-0.3, -0.25) is 0 Å². The normalized spacial score (nSPS) is 14.9. The summed E-state index contributed by atoms with van der Waals surface area (Å²) in [6.45, 7) is 0. The minimum atomic E-state index is 0.0747. The average molecular weight is 718 g/mol. The van der Waals surface area contributed by atoms with Crippen molar-refractivity contribution in [1.29, 1.82) is 0 Å². The number of dihydropyridines is 1. The number of benzene rings is 7. The van der Waals surface area contributed by atoms with Gasteiger partial charge in [-0.15, -0.1) is 0 Å². The summed E-state index contributed by atoms with van der Waals surface area (Å²) < 4.78 is 4.86. The molecule has 1 atom stereocenters. The highest BCUT2D eigenvalue weighted by Crippen LogP contribution is 2.39. The standard InChI is InChI=1S/C53H39N3/c1-3-14-36(15-4-1)37-16-11-17-40(32-37)48-24-13-25-49(54-48)41-18-12-21-43(33-41)56-51-27-10-8-23-45(51)47-34-38(29-31-52(47)56)39-28-30-46-44-22-7-9-26-50(44)55(53(46)35-39)42-19-5-2-6-20-42/h1-6,8-21,23-35,48,54H,7,22H2. The maximum Gasteiger partial charge on any atom is 0.0701 e. The lowest BCUT2D eigenvalue weighted by Gasteiger charge is -2.23. The fourth-order valence-electron chi connectivity index (χ4n) is 8.96. The summed E-state index contributed by atoms with van der Waals surface area (Å²) >= 11 is 0. The molecule has 0 spiro atoms. The molecular weight excluding hydrogens is 679 g/mol. The Morgan fingerprint density at radius 2 is 1.20 bits per heavy atom. The van der Waals surface area contributed by atoms with Crippen molar-refractivity contribution < 1.29 is 0 Å². The van der Waals surface area contributed by atoms with Crippen LogP contribution in [0.2, 0.25) is 0 Å². The van der Waals surface area contributed by atoms with Gasteiger partial charge in [0.15, 0.2) is 0 Å². The molecule has 1 aliphatic carbocycles. The van der Waals surface area contributed by atoms with E-state index < -0.39 is 0 Å². The lowest BCUT2D eigenvalue weighted by molar-refractivity contribution is 0.764. The highest BCUT2D eigenvalue weighted by Gasteiger charge is 2.21. The Kier molecular flexibility index (Phi) is 7.70. The van der Waals surface area contributed by atoms with E-state index in [0.29, 0.717) is 0 Å². The van der Waals surface area contributed by atoms with E-state index in [-0.39, 0.29) is 6.04 Å². The van der Waals surface area contributed by atoms with Gasteiger partial charge in [-0.2, -0.15) is 0 Å². The summed E-state index contributed by atoms with van der Waals surface area (Å²) in [7, 11) is 0. The predicted molar refractivity (Wildman–Crippen MR) is 235 cm³/mol. The quantitative estimate of drug-likeness (QED) is 0.182. The Morgan fingerprint density at radius 1 is 0.482 bits per heavy atom. The molecule has 0 radical (unpaired) electrons. The number of nitrogens with one attached hydrogen (secondary N) is 1. The summed E-state index contributed by atoms with van der Waals surface area (Å²) in [5, 5.41) is 7.69. The Hall–Kier alpha value is -7.10. The Morgan fingerprint density at radius 3 is 2.11 bits per heavy atom. The minimum Gasteiger partial charge on any atom is -0.374 e. The molecule has 3 nitrogen and oxygen atoms in total. The van der Waals surface area contributed by atoms with Crippen LogP contribution in [0.15, 0.2) is 194 Å². The number of aromatic nitrogens is 2. The molecule has 1 N–H and O–H groups in total. The zero-order chi connectivity index (χ0) is 37.0. The topological polar surface area (TPSA) is 21.9 Å². The zero-order valence-electron chi connectivity index (χ0n) is 30.9. The molecule has 56 heavy (non-hydrogen) atoms. The largest absolute Gasteiger partial charge is 0.374 e.